The maximum Gasteiger partial charge on any atom is 0.0698 e. The van der Waals surface area contributed by atoms with Crippen LogP contribution in [0.25, 0.3) is 0 Å². The molecular weight excluding hydrogens is 142 g/mol. The van der Waals surface area contributed by atoms with Gasteiger partial charge in [-0.05, 0) is 12.8 Å². The average Bonchev–Trinajstić information content (AvgIpc) is 2.38. The largest absolute Gasteiger partial charge is 0.394 e. The molecule has 0 bridgehead atoms. The van der Waals surface area contributed by atoms with E-state index >= 15 is 0 Å². The van der Waals surface area contributed by atoms with Gasteiger partial charge in [0.1, 0.15) is 0 Å². The maximum atomic E-state index is 8.46. The van der Waals surface area contributed by atoms with Crippen LogP contribution >= 0.6 is 0 Å². The van der Waals surface area contributed by atoms with Gasteiger partial charge in [0, 0.05) is 5.54 Å². The molecule has 1 saturated carbocycles. The number of ether oxygens (including phenoxy) is 1. The minimum atomic E-state index is -0.0881. The molecule has 0 aromatic heterocycles. The normalized spacial score (nSPS) is 22.4. The van der Waals surface area contributed by atoms with Crippen LogP contribution in [0, 0.1) is 0 Å². The SMILES string of the molecule is NC1(COCCO)CCCC1. The lowest BCUT2D eigenvalue weighted by Gasteiger charge is -2.22. The number of aliphatic hydroxyl groups excluding tert-OH is 1. The highest BCUT2D eigenvalue weighted by Gasteiger charge is 2.29. The first-order valence-electron chi connectivity index (χ1n) is 4.24. The van der Waals surface area contributed by atoms with Crippen molar-refractivity contribution in [3.8, 4) is 0 Å². The summed E-state index contributed by atoms with van der Waals surface area (Å²) in [7, 11) is 0. The molecule has 1 aliphatic rings. The third-order valence-corrected chi connectivity index (χ3v) is 2.22. The van der Waals surface area contributed by atoms with Crippen LogP contribution in [-0.2, 0) is 4.74 Å². The lowest BCUT2D eigenvalue weighted by molar-refractivity contribution is 0.0587. The van der Waals surface area contributed by atoms with E-state index < -0.39 is 0 Å². The molecule has 1 aliphatic carbocycles. The predicted molar refractivity (Wildman–Crippen MR) is 43.3 cm³/mol. The van der Waals surface area contributed by atoms with Crippen LogP contribution in [0.5, 0.6) is 0 Å². The highest BCUT2D eigenvalue weighted by atomic mass is 16.5. The Balaban J connectivity index is 2.13. The van der Waals surface area contributed by atoms with Crippen LogP contribution in [0.1, 0.15) is 25.7 Å². The molecule has 3 N–H and O–H groups in total. The summed E-state index contributed by atoms with van der Waals surface area (Å²) in [5.41, 5.74) is 5.91. The van der Waals surface area contributed by atoms with E-state index in [9.17, 15) is 0 Å². The van der Waals surface area contributed by atoms with Crippen molar-refractivity contribution in [2.75, 3.05) is 19.8 Å². The number of nitrogens with two attached hydrogens (primary N) is 1. The van der Waals surface area contributed by atoms with Crippen molar-refractivity contribution in [1.29, 1.82) is 0 Å². The summed E-state index contributed by atoms with van der Waals surface area (Å²) < 4.78 is 5.19. The second-order valence-electron chi connectivity index (χ2n) is 3.35. The molecule has 0 aliphatic heterocycles. The van der Waals surface area contributed by atoms with Crippen molar-refractivity contribution in [3.05, 3.63) is 0 Å². The smallest absolute Gasteiger partial charge is 0.0698 e. The molecule has 0 aromatic rings. The predicted octanol–water partition coefficient (Wildman–Crippen LogP) is 0.267. The molecule has 0 atom stereocenters. The van der Waals surface area contributed by atoms with Gasteiger partial charge in [-0.2, -0.15) is 0 Å². The summed E-state index contributed by atoms with van der Waals surface area (Å²) in [6.07, 6.45) is 4.58. The standard InChI is InChI=1S/C8H17NO2/c9-8(3-1-2-4-8)7-11-6-5-10/h10H,1-7,9H2. The first kappa shape index (κ1) is 8.97. The van der Waals surface area contributed by atoms with Crippen LogP contribution in [0.2, 0.25) is 0 Å². The van der Waals surface area contributed by atoms with Crippen LogP contribution in [-0.4, -0.2) is 30.5 Å². The zero-order chi connectivity index (χ0) is 8.16. The molecule has 0 aromatic carbocycles. The van der Waals surface area contributed by atoms with Crippen molar-refractivity contribution in [2.45, 2.75) is 31.2 Å². The molecule has 0 spiro atoms. The fraction of sp³-hybridized carbons (Fsp3) is 1.00. The van der Waals surface area contributed by atoms with Crippen LogP contribution in [0.4, 0.5) is 0 Å². The van der Waals surface area contributed by atoms with Gasteiger partial charge < -0.3 is 15.6 Å². The van der Waals surface area contributed by atoms with E-state index in [0.717, 1.165) is 12.8 Å². The number of aliphatic hydroxyl groups is 1. The van der Waals surface area contributed by atoms with Gasteiger partial charge in [0.2, 0.25) is 0 Å². The summed E-state index contributed by atoms with van der Waals surface area (Å²) in [5.74, 6) is 0. The first-order chi connectivity index (χ1) is 5.27. The van der Waals surface area contributed by atoms with Gasteiger partial charge in [-0.1, -0.05) is 12.8 Å². The molecule has 66 valence electrons. The number of hydrogen-bond acceptors (Lipinski definition) is 3. The molecule has 1 fully saturated rings. The Bertz CT molecular complexity index is 111. The summed E-state index contributed by atoms with van der Waals surface area (Å²) >= 11 is 0. The van der Waals surface area contributed by atoms with Gasteiger partial charge in [0.25, 0.3) is 0 Å². The van der Waals surface area contributed by atoms with E-state index in [1.807, 2.05) is 0 Å². The zero-order valence-corrected chi connectivity index (χ0v) is 6.88. The van der Waals surface area contributed by atoms with Crippen molar-refractivity contribution >= 4 is 0 Å². The number of rotatable bonds is 4. The minimum Gasteiger partial charge on any atom is -0.394 e. The van der Waals surface area contributed by atoms with E-state index in [-0.39, 0.29) is 12.1 Å². The molecule has 0 amide bonds. The first-order valence-corrected chi connectivity index (χ1v) is 4.24. The van der Waals surface area contributed by atoms with Gasteiger partial charge in [0.05, 0.1) is 19.8 Å². The Morgan fingerprint density at radius 3 is 2.55 bits per heavy atom. The van der Waals surface area contributed by atoms with E-state index in [1.54, 1.807) is 0 Å². The Morgan fingerprint density at radius 2 is 2.00 bits per heavy atom. The lowest BCUT2D eigenvalue weighted by Crippen LogP contribution is -2.41. The fourth-order valence-electron chi connectivity index (χ4n) is 1.56. The third kappa shape index (κ3) is 2.77. The molecule has 0 heterocycles. The van der Waals surface area contributed by atoms with Crippen LogP contribution in [0.3, 0.4) is 0 Å². The Morgan fingerprint density at radius 1 is 1.36 bits per heavy atom. The maximum absolute atomic E-state index is 8.46. The summed E-state index contributed by atoms with van der Waals surface area (Å²) in [6.45, 7) is 1.11. The molecule has 3 nitrogen and oxygen atoms in total. The minimum absolute atomic E-state index is 0.0881. The Hall–Kier alpha value is -0.120. The molecular formula is C8H17NO2. The van der Waals surface area contributed by atoms with E-state index in [2.05, 4.69) is 0 Å². The highest BCUT2D eigenvalue weighted by Crippen LogP contribution is 2.26. The lowest BCUT2D eigenvalue weighted by atomic mass is 10.0. The van der Waals surface area contributed by atoms with Gasteiger partial charge in [-0.3, -0.25) is 0 Å². The van der Waals surface area contributed by atoms with Crippen LogP contribution in [0.15, 0.2) is 0 Å². The second-order valence-corrected chi connectivity index (χ2v) is 3.35. The average molecular weight is 159 g/mol. The van der Waals surface area contributed by atoms with Gasteiger partial charge >= 0.3 is 0 Å². The van der Waals surface area contributed by atoms with Gasteiger partial charge in [0.15, 0.2) is 0 Å². The second kappa shape index (κ2) is 4.04. The summed E-state index contributed by atoms with van der Waals surface area (Å²) in [4.78, 5) is 0. The topological polar surface area (TPSA) is 55.5 Å². The molecule has 0 radical (unpaired) electrons. The van der Waals surface area contributed by atoms with E-state index in [4.69, 9.17) is 15.6 Å². The monoisotopic (exact) mass is 159 g/mol. The van der Waals surface area contributed by atoms with Crippen molar-refractivity contribution < 1.29 is 9.84 Å². The van der Waals surface area contributed by atoms with Gasteiger partial charge in [-0.25, -0.2) is 0 Å². The number of hydrogen-bond donors (Lipinski definition) is 2. The quantitative estimate of drug-likeness (QED) is 0.579. The molecule has 0 unspecified atom stereocenters. The molecule has 0 saturated heterocycles. The van der Waals surface area contributed by atoms with Crippen molar-refractivity contribution in [2.24, 2.45) is 5.73 Å². The van der Waals surface area contributed by atoms with Gasteiger partial charge in [-0.15, -0.1) is 0 Å². The van der Waals surface area contributed by atoms with Crippen LogP contribution < -0.4 is 5.73 Å². The van der Waals surface area contributed by atoms with E-state index in [1.165, 1.54) is 12.8 Å². The third-order valence-electron chi connectivity index (χ3n) is 2.22. The molecule has 1 rings (SSSR count). The molecule has 11 heavy (non-hydrogen) atoms. The van der Waals surface area contributed by atoms with E-state index in [0.29, 0.717) is 13.2 Å². The van der Waals surface area contributed by atoms with Crippen molar-refractivity contribution in [3.63, 3.8) is 0 Å². The zero-order valence-electron chi connectivity index (χ0n) is 6.88. The summed E-state index contributed by atoms with van der Waals surface area (Å²) in [6, 6.07) is 0. The summed E-state index contributed by atoms with van der Waals surface area (Å²) in [5, 5.41) is 8.46. The fourth-order valence-corrected chi connectivity index (χ4v) is 1.56. The molecule has 3 heteroatoms. The Kier molecular flexibility index (Phi) is 3.30. The van der Waals surface area contributed by atoms with Crippen molar-refractivity contribution in [1.82, 2.24) is 0 Å². The highest BCUT2D eigenvalue weighted by molar-refractivity contribution is 4.88. The Labute approximate surface area is 67.5 Å².